The number of hydrogen-bond acceptors (Lipinski definition) is 4. The number of hydrogen-bond donors (Lipinski definition) is 2. The Kier molecular flexibility index (Phi) is 12.7. The molecule has 0 aliphatic heterocycles. The molecular weight excluding hydrogens is 180 g/mol. The van der Waals surface area contributed by atoms with Gasteiger partial charge in [0.05, 0.1) is 13.2 Å². The Hall–Kier alpha value is -0.160. The predicted octanol–water partition coefficient (Wildman–Crippen LogP) is 0.239. The second-order valence-corrected chi connectivity index (χ2v) is 3.14. The van der Waals surface area contributed by atoms with Crippen LogP contribution >= 0.6 is 0 Å². The standard InChI is InChI=1S/C10H24N2O2/c1-11-5-3-7-13-9-10-14-8-4-6-12-2/h11-12H,3-10H2,1-2H3. The third-order valence-electron chi connectivity index (χ3n) is 1.80. The molecule has 86 valence electrons. The first kappa shape index (κ1) is 13.8. The van der Waals surface area contributed by atoms with Crippen molar-refractivity contribution in [3.63, 3.8) is 0 Å². The van der Waals surface area contributed by atoms with Gasteiger partial charge in [0.1, 0.15) is 0 Å². The fourth-order valence-electron chi connectivity index (χ4n) is 1.02. The molecule has 4 nitrogen and oxygen atoms in total. The van der Waals surface area contributed by atoms with Crippen LogP contribution < -0.4 is 10.6 Å². The third kappa shape index (κ3) is 11.8. The van der Waals surface area contributed by atoms with Gasteiger partial charge in [-0.1, -0.05) is 0 Å². The van der Waals surface area contributed by atoms with E-state index in [1.807, 2.05) is 14.1 Å². The maximum Gasteiger partial charge on any atom is 0.0700 e. The Morgan fingerprint density at radius 2 is 1.14 bits per heavy atom. The van der Waals surface area contributed by atoms with Crippen LogP contribution in [0.4, 0.5) is 0 Å². The first-order chi connectivity index (χ1) is 6.91. The summed E-state index contributed by atoms with van der Waals surface area (Å²) in [6, 6.07) is 0. The largest absolute Gasteiger partial charge is 0.379 e. The zero-order valence-corrected chi connectivity index (χ0v) is 9.47. The molecule has 0 aromatic rings. The maximum absolute atomic E-state index is 5.36. The highest BCUT2D eigenvalue weighted by atomic mass is 16.5. The average molecular weight is 204 g/mol. The molecule has 0 aromatic carbocycles. The van der Waals surface area contributed by atoms with Gasteiger partial charge in [-0.25, -0.2) is 0 Å². The Labute approximate surface area is 87.4 Å². The lowest BCUT2D eigenvalue weighted by atomic mass is 10.4. The number of nitrogens with one attached hydrogen (secondary N) is 2. The van der Waals surface area contributed by atoms with Gasteiger partial charge in [-0.15, -0.1) is 0 Å². The fourth-order valence-corrected chi connectivity index (χ4v) is 1.02. The fraction of sp³-hybridized carbons (Fsp3) is 1.00. The highest BCUT2D eigenvalue weighted by Gasteiger charge is 1.90. The molecule has 0 atom stereocenters. The summed E-state index contributed by atoms with van der Waals surface area (Å²) in [6.45, 7) is 5.10. The molecule has 0 radical (unpaired) electrons. The van der Waals surface area contributed by atoms with Gasteiger partial charge in [0.25, 0.3) is 0 Å². The molecule has 0 bridgehead atoms. The molecule has 0 saturated carbocycles. The lowest BCUT2D eigenvalue weighted by Crippen LogP contribution is -2.14. The van der Waals surface area contributed by atoms with Gasteiger partial charge in [0.15, 0.2) is 0 Å². The van der Waals surface area contributed by atoms with Crippen LogP contribution in [0.1, 0.15) is 12.8 Å². The van der Waals surface area contributed by atoms with E-state index in [1.165, 1.54) is 0 Å². The van der Waals surface area contributed by atoms with Crippen molar-refractivity contribution in [2.45, 2.75) is 12.8 Å². The summed E-state index contributed by atoms with van der Waals surface area (Å²) in [4.78, 5) is 0. The smallest absolute Gasteiger partial charge is 0.0700 e. The molecule has 0 aromatic heterocycles. The van der Waals surface area contributed by atoms with Crippen LogP contribution in [0.15, 0.2) is 0 Å². The van der Waals surface area contributed by atoms with Crippen LogP contribution in [-0.4, -0.2) is 53.6 Å². The Morgan fingerprint density at radius 1 is 0.714 bits per heavy atom. The summed E-state index contributed by atoms with van der Waals surface area (Å²) in [5.74, 6) is 0. The zero-order valence-electron chi connectivity index (χ0n) is 9.47. The molecule has 0 aliphatic carbocycles. The van der Waals surface area contributed by atoms with Crippen molar-refractivity contribution >= 4 is 0 Å². The van der Waals surface area contributed by atoms with E-state index < -0.39 is 0 Å². The summed E-state index contributed by atoms with van der Waals surface area (Å²) in [5, 5.41) is 6.15. The molecule has 14 heavy (non-hydrogen) atoms. The molecule has 4 heteroatoms. The Balaban J connectivity index is 2.78. The van der Waals surface area contributed by atoms with Crippen LogP contribution in [0.3, 0.4) is 0 Å². The van der Waals surface area contributed by atoms with Gasteiger partial charge in [-0.2, -0.15) is 0 Å². The quantitative estimate of drug-likeness (QED) is 0.473. The van der Waals surface area contributed by atoms with Crippen molar-refractivity contribution in [1.29, 1.82) is 0 Å². The molecule has 2 N–H and O–H groups in total. The topological polar surface area (TPSA) is 42.5 Å². The van der Waals surface area contributed by atoms with Gasteiger partial charge in [-0.05, 0) is 40.0 Å². The molecule has 0 aliphatic rings. The summed E-state index contributed by atoms with van der Waals surface area (Å²) in [5.41, 5.74) is 0. The van der Waals surface area contributed by atoms with Gasteiger partial charge in [0, 0.05) is 13.2 Å². The lowest BCUT2D eigenvalue weighted by Gasteiger charge is -2.05. The van der Waals surface area contributed by atoms with E-state index in [0.717, 1.165) is 39.1 Å². The van der Waals surface area contributed by atoms with E-state index in [2.05, 4.69) is 10.6 Å². The summed E-state index contributed by atoms with van der Waals surface area (Å²) < 4.78 is 10.7. The van der Waals surface area contributed by atoms with E-state index in [1.54, 1.807) is 0 Å². The van der Waals surface area contributed by atoms with E-state index in [-0.39, 0.29) is 0 Å². The van der Waals surface area contributed by atoms with E-state index in [9.17, 15) is 0 Å². The zero-order chi connectivity index (χ0) is 10.5. The maximum atomic E-state index is 5.36. The Morgan fingerprint density at radius 3 is 1.50 bits per heavy atom. The van der Waals surface area contributed by atoms with Gasteiger partial charge in [0.2, 0.25) is 0 Å². The van der Waals surface area contributed by atoms with Crippen molar-refractivity contribution in [2.24, 2.45) is 0 Å². The van der Waals surface area contributed by atoms with Gasteiger partial charge in [-0.3, -0.25) is 0 Å². The van der Waals surface area contributed by atoms with Crippen molar-refractivity contribution in [1.82, 2.24) is 10.6 Å². The summed E-state index contributed by atoms with van der Waals surface area (Å²) >= 11 is 0. The van der Waals surface area contributed by atoms with Crippen LogP contribution in [0.2, 0.25) is 0 Å². The molecule has 0 rings (SSSR count). The Bertz CT molecular complexity index is 90.1. The van der Waals surface area contributed by atoms with Crippen molar-refractivity contribution < 1.29 is 9.47 Å². The second kappa shape index (κ2) is 12.8. The predicted molar refractivity (Wildman–Crippen MR) is 58.7 cm³/mol. The number of rotatable bonds is 11. The van der Waals surface area contributed by atoms with E-state index in [0.29, 0.717) is 13.2 Å². The minimum Gasteiger partial charge on any atom is -0.379 e. The van der Waals surface area contributed by atoms with Crippen molar-refractivity contribution in [3.8, 4) is 0 Å². The minimum absolute atomic E-state index is 0.712. The van der Waals surface area contributed by atoms with Gasteiger partial charge < -0.3 is 20.1 Å². The molecule has 0 heterocycles. The first-order valence-electron chi connectivity index (χ1n) is 5.36. The molecule has 0 unspecified atom stereocenters. The molecule has 0 saturated heterocycles. The van der Waals surface area contributed by atoms with Crippen molar-refractivity contribution in [3.05, 3.63) is 0 Å². The van der Waals surface area contributed by atoms with E-state index >= 15 is 0 Å². The summed E-state index contributed by atoms with van der Waals surface area (Å²) in [7, 11) is 3.90. The van der Waals surface area contributed by atoms with Crippen molar-refractivity contribution in [2.75, 3.05) is 53.6 Å². The SMILES string of the molecule is CNCCCOCCOCCCNC. The monoisotopic (exact) mass is 204 g/mol. The van der Waals surface area contributed by atoms with E-state index in [4.69, 9.17) is 9.47 Å². The van der Waals surface area contributed by atoms with Crippen LogP contribution in [0.5, 0.6) is 0 Å². The lowest BCUT2D eigenvalue weighted by molar-refractivity contribution is 0.0464. The first-order valence-corrected chi connectivity index (χ1v) is 5.36. The minimum atomic E-state index is 0.712. The average Bonchev–Trinajstić information content (AvgIpc) is 2.21. The molecule has 0 amide bonds. The molecule has 0 fully saturated rings. The van der Waals surface area contributed by atoms with Crippen LogP contribution in [0, 0.1) is 0 Å². The normalized spacial score (nSPS) is 10.7. The molecule has 0 spiro atoms. The highest BCUT2D eigenvalue weighted by Crippen LogP contribution is 1.84. The van der Waals surface area contributed by atoms with Gasteiger partial charge >= 0.3 is 0 Å². The van der Waals surface area contributed by atoms with Crippen LogP contribution in [0.25, 0.3) is 0 Å². The summed E-state index contributed by atoms with van der Waals surface area (Å²) in [6.07, 6.45) is 2.13. The third-order valence-corrected chi connectivity index (χ3v) is 1.80. The van der Waals surface area contributed by atoms with Crippen LogP contribution in [-0.2, 0) is 9.47 Å². The molecular formula is C10H24N2O2. The number of ether oxygens (including phenoxy) is 2. The highest BCUT2D eigenvalue weighted by molar-refractivity contribution is 4.41. The second-order valence-electron chi connectivity index (χ2n) is 3.14.